The Labute approximate surface area is 280 Å². The summed E-state index contributed by atoms with van der Waals surface area (Å²) in [6.07, 6.45) is 8.61. The lowest BCUT2D eigenvalue weighted by molar-refractivity contribution is -0.452. The Bertz CT molecular complexity index is 1090. The molecule has 0 radical (unpaired) electrons. The van der Waals surface area contributed by atoms with E-state index in [1.807, 2.05) is 0 Å². The molecule has 266 valence electrons. The molecule has 14 nitrogen and oxygen atoms in total. The fourth-order valence-corrected chi connectivity index (χ4v) is 3.98. The van der Waals surface area contributed by atoms with Gasteiger partial charge in [-0.05, 0) is 87.1 Å². The lowest BCUT2D eigenvalue weighted by Crippen LogP contribution is -2.13. The van der Waals surface area contributed by atoms with Crippen LogP contribution in [-0.2, 0) is 39.1 Å². The van der Waals surface area contributed by atoms with Gasteiger partial charge in [-0.3, -0.25) is 9.78 Å². The molecule has 0 aliphatic carbocycles. The van der Waals surface area contributed by atoms with Gasteiger partial charge in [0, 0.05) is 0 Å². The lowest BCUT2D eigenvalue weighted by Gasteiger charge is -2.07. The van der Waals surface area contributed by atoms with Crippen molar-refractivity contribution in [3.63, 3.8) is 0 Å². The maximum absolute atomic E-state index is 12.0. The van der Waals surface area contributed by atoms with Crippen LogP contribution in [-0.4, -0.2) is 50.7 Å². The summed E-state index contributed by atoms with van der Waals surface area (Å²) in [5, 5.41) is 8.41. The van der Waals surface area contributed by atoms with E-state index >= 15 is 0 Å². The molecule has 0 aromatic heterocycles. The van der Waals surface area contributed by atoms with Crippen molar-refractivity contribution in [1.82, 2.24) is 0 Å². The van der Waals surface area contributed by atoms with Gasteiger partial charge in [0.1, 0.15) is 11.5 Å². The second-order valence-corrected chi connectivity index (χ2v) is 10.5. The van der Waals surface area contributed by atoms with Gasteiger partial charge in [0.15, 0.2) is 0 Å². The first kappa shape index (κ1) is 39.6. The standard InChI is InChI=1S/C34H46O14/c1-3-5-7-11-23-39-29-19-15-27(16-20-29)31(35)43-47-45-33(37)41-25-13-9-10-14-26-42-34(38)46-48-44-32(36)28-17-21-30(22-18-28)40-24-12-8-6-4-2/h15-22H,3-14,23-26H2,1-2H3. The van der Waals surface area contributed by atoms with Crippen LogP contribution in [0.15, 0.2) is 48.5 Å². The minimum Gasteiger partial charge on any atom is -0.494 e. The molecule has 0 aliphatic rings. The zero-order chi connectivity index (χ0) is 34.7. The summed E-state index contributed by atoms with van der Waals surface area (Å²) in [4.78, 5) is 64.5. The molecule has 0 heterocycles. The van der Waals surface area contributed by atoms with Gasteiger partial charge in [0.25, 0.3) is 0 Å². The molecule has 14 heteroatoms. The molecule has 0 amide bonds. The van der Waals surface area contributed by atoms with Crippen molar-refractivity contribution in [1.29, 1.82) is 0 Å². The lowest BCUT2D eigenvalue weighted by atomic mass is 10.2. The average Bonchev–Trinajstić information content (AvgIpc) is 3.09. The molecule has 0 N–H and O–H groups in total. The number of benzene rings is 2. The van der Waals surface area contributed by atoms with E-state index < -0.39 is 24.2 Å². The predicted molar refractivity (Wildman–Crippen MR) is 168 cm³/mol. The van der Waals surface area contributed by atoms with Crippen LogP contribution in [0.3, 0.4) is 0 Å². The summed E-state index contributed by atoms with van der Waals surface area (Å²) in [6.45, 7) is 5.51. The molecule has 0 atom stereocenters. The van der Waals surface area contributed by atoms with Crippen LogP contribution >= 0.6 is 0 Å². The Morgan fingerprint density at radius 2 is 0.792 bits per heavy atom. The summed E-state index contributed by atoms with van der Waals surface area (Å²) in [7, 11) is 0. The van der Waals surface area contributed by atoms with Crippen LogP contribution in [0.25, 0.3) is 0 Å². The summed E-state index contributed by atoms with van der Waals surface area (Å²) >= 11 is 0. The number of carbonyl (C=O) groups is 4. The average molecular weight is 679 g/mol. The monoisotopic (exact) mass is 678 g/mol. The van der Waals surface area contributed by atoms with Crippen LogP contribution in [0.1, 0.15) is 112 Å². The molecule has 2 rings (SSSR count). The van der Waals surface area contributed by atoms with Crippen LogP contribution < -0.4 is 9.47 Å². The van der Waals surface area contributed by atoms with Crippen LogP contribution in [0, 0.1) is 0 Å². The highest BCUT2D eigenvalue weighted by Crippen LogP contribution is 2.15. The first-order chi connectivity index (χ1) is 23.4. The predicted octanol–water partition coefficient (Wildman–Crippen LogP) is 8.18. The first-order valence-electron chi connectivity index (χ1n) is 16.3. The first-order valence-corrected chi connectivity index (χ1v) is 16.3. The minimum atomic E-state index is -1.18. The normalized spacial score (nSPS) is 10.5. The van der Waals surface area contributed by atoms with E-state index in [1.54, 1.807) is 24.3 Å². The third-order valence-electron chi connectivity index (χ3n) is 6.62. The Kier molecular flexibility index (Phi) is 21.1. The molecule has 2 aromatic carbocycles. The third kappa shape index (κ3) is 18.6. The highest BCUT2D eigenvalue weighted by Gasteiger charge is 2.14. The van der Waals surface area contributed by atoms with Gasteiger partial charge in [0.05, 0.1) is 47.6 Å². The van der Waals surface area contributed by atoms with Crippen molar-refractivity contribution in [2.45, 2.75) is 90.9 Å². The molecule has 0 unspecified atom stereocenters. The van der Waals surface area contributed by atoms with E-state index in [0.717, 1.165) is 51.4 Å². The fourth-order valence-electron chi connectivity index (χ4n) is 3.98. The number of unbranched alkanes of at least 4 members (excludes halogenated alkanes) is 9. The molecule has 0 aliphatic heterocycles. The van der Waals surface area contributed by atoms with Gasteiger partial charge in [0.2, 0.25) is 0 Å². The van der Waals surface area contributed by atoms with Crippen molar-refractivity contribution in [3.8, 4) is 11.5 Å². The zero-order valence-electron chi connectivity index (χ0n) is 27.6. The summed E-state index contributed by atoms with van der Waals surface area (Å²) in [5.74, 6) is -0.478. The van der Waals surface area contributed by atoms with Crippen molar-refractivity contribution in [2.24, 2.45) is 0 Å². The van der Waals surface area contributed by atoms with E-state index in [2.05, 4.69) is 43.5 Å². The number of carbonyl (C=O) groups excluding carboxylic acids is 4. The zero-order valence-corrected chi connectivity index (χ0v) is 27.6. The molecule has 0 fully saturated rings. The van der Waals surface area contributed by atoms with Crippen LogP contribution in [0.5, 0.6) is 11.5 Å². The van der Waals surface area contributed by atoms with Gasteiger partial charge in [-0.25, -0.2) is 29.0 Å². The molecule has 0 saturated carbocycles. The number of rotatable bonds is 25. The third-order valence-corrected chi connectivity index (χ3v) is 6.62. The Balaban J connectivity index is 1.42. The van der Waals surface area contributed by atoms with Crippen molar-refractivity contribution in [2.75, 3.05) is 26.4 Å². The second-order valence-electron chi connectivity index (χ2n) is 10.5. The molecular formula is C34H46O14. The molecule has 48 heavy (non-hydrogen) atoms. The Morgan fingerprint density at radius 3 is 1.17 bits per heavy atom. The minimum absolute atomic E-state index is 0.0208. The topological polar surface area (TPSA) is 161 Å². The maximum Gasteiger partial charge on any atom is 0.543 e. The van der Waals surface area contributed by atoms with E-state index in [4.69, 9.17) is 18.9 Å². The van der Waals surface area contributed by atoms with Crippen LogP contribution in [0.4, 0.5) is 9.59 Å². The SMILES string of the molecule is CCCCCCOc1ccc(C(=O)OOOC(=O)OCCCCCCOC(=O)OOOC(=O)c2ccc(OCCCCCC)cc2)cc1. The van der Waals surface area contributed by atoms with Gasteiger partial charge in [-0.1, -0.05) is 52.4 Å². The van der Waals surface area contributed by atoms with E-state index in [9.17, 15) is 19.2 Å². The van der Waals surface area contributed by atoms with Gasteiger partial charge in [-0.2, -0.15) is 0 Å². The molecule has 0 spiro atoms. The number of hydrogen-bond acceptors (Lipinski definition) is 14. The number of ether oxygens (including phenoxy) is 4. The van der Waals surface area contributed by atoms with E-state index in [0.29, 0.717) is 50.4 Å². The highest BCUT2D eigenvalue weighted by molar-refractivity contribution is 5.89. The molecular weight excluding hydrogens is 632 g/mol. The second kappa shape index (κ2) is 25.5. The van der Waals surface area contributed by atoms with E-state index in [-0.39, 0.29) is 24.3 Å². The highest BCUT2D eigenvalue weighted by atomic mass is 17.5. The molecule has 2 aromatic rings. The van der Waals surface area contributed by atoms with Gasteiger partial charge < -0.3 is 18.9 Å². The van der Waals surface area contributed by atoms with Crippen LogP contribution in [0.2, 0.25) is 0 Å². The smallest absolute Gasteiger partial charge is 0.494 e. The quantitative estimate of drug-likeness (QED) is 0.0428. The van der Waals surface area contributed by atoms with E-state index in [1.165, 1.54) is 24.3 Å². The van der Waals surface area contributed by atoms with Crippen molar-refractivity contribution < 1.29 is 67.8 Å². The van der Waals surface area contributed by atoms with Gasteiger partial charge in [-0.15, -0.1) is 0 Å². The Hall–Kier alpha value is -4.56. The summed E-state index contributed by atoms with van der Waals surface area (Å²) in [6, 6.07) is 12.5. The fraction of sp³-hybridized carbons (Fsp3) is 0.529. The largest absolute Gasteiger partial charge is 0.543 e. The van der Waals surface area contributed by atoms with Crippen molar-refractivity contribution >= 4 is 24.2 Å². The number of hydrogen-bond donors (Lipinski definition) is 0. The Morgan fingerprint density at radius 1 is 0.438 bits per heavy atom. The van der Waals surface area contributed by atoms with Crippen molar-refractivity contribution in [3.05, 3.63) is 59.7 Å². The maximum atomic E-state index is 12.0. The summed E-state index contributed by atoms with van der Waals surface area (Å²) in [5.41, 5.74) is 0.351. The molecule has 0 bridgehead atoms. The molecule has 0 saturated heterocycles. The summed E-state index contributed by atoms with van der Waals surface area (Å²) < 4.78 is 20.9. The van der Waals surface area contributed by atoms with Gasteiger partial charge >= 0.3 is 24.2 Å².